The van der Waals surface area contributed by atoms with E-state index in [4.69, 9.17) is 9.84 Å². The topological polar surface area (TPSA) is 101 Å². The van der Waals surface area contributed by atoms with Gasteiger partial charge in [-0.3, -0.25) is 4.79 Å². The monoisotopic (exact) mass is 489 g/mol. The molecule has 3 N–H and O–H groups in total. The van der Waals surface area contributed by atoms with Gasteiger partial charge in [0.1, 0.15) is 25.0 Å². The Morgan fingerprint density at radius 2 is 1.79 bits per heavy atom. The van der Waals surface area contributed by atoms with Crippen molar-refractivity contribution in [2.45, 2.75) is 12.4 Å². The largest absolute Gasteiger partial charge is 0.491 e. The quantitative estimate of drug-likeness (QED) is 0.417. The molecule has 0 atom stereocenters. The van der Waals surface area contributed by atoms with Crippen LogP contribution in [0.1, 0.15) is 11.1 Å². The Labute approximate surface area is 188 Å². The lowest BCUT2D eigenvalue weighted by Crippen LogP contribution is -2.24. The predicted molar refractivity (Wildman–Crippen MR) is 108 cm³/mol. The van der Waals surface area contributed by atoms with E-state index in [1.807, 2.05) is 0 Å². The summed E-state index contributed by atoms with van der Waals surface area (Å²) < 4.78 is 85.7. The smallest absolute Gasteiger partial charge is 0.418 e. The van der Waals surface area contributed by atoms with E-state index in [9.17, 15) is 31.1 Å². The highest BCUT2D eigenvalue weighted by molar-refractivity contribution is 5.95. The number of nitrogens with zero attached hydrogens (tertiary/aromatic N) is 3. The maximum Gasteiger partial charge on any atom is 0.418 e. The fourth-order valence-electron chi connectivity index (χ4n) is 2.88. The number of aliphatic hydroxyl groups is 1. The van der Waals surface area contributed by atoms with Crippen LogP contribution in [0.2, 0.25) is 0 Å². The van der Waals surface area contributed by atoms with Crippen molar-refractivity contribution < 1.29 is 41.0 Å². The van der Waals surface area contributed by atoms with Crippen LogP contribution >= 0.6 is 0 Å². The van der Waals surface area contributed by atoms with Crippen molar-refractivity contribution in [3.05, 3.63) is 60.2 Å². The van der Waals surface area contributed by atoms with Crippen molar-refractivity contribution in [2.75, 3.05) is 30.4 Å². The summed E-state index contributed by atoms with van der Waals surface area (Å²) in [5.74, 6) is -1.05. The number of nitrogens with one attached hydrogen (secondary N) is 2. The number of ether oxygens (including phenoxy) is 1. The Kier molecular flexibility index (Phi) is 7.29. The SMILES string of the molecule is O=C(CNc1ccc(OCCO)cc1C(F)(F)F)Nc1cc(C(F)(F)F)ccc1-n1cncn1. The second-order valence-electron chi connectivity index (χ2n) is 6.75. The predicted octanol–water partition coefficient (Wildman–Crippen LogP) is 3.73. The average Bonchev–Trinajstić information content (AvgIpc) is 3.30. The third kappa shape index (κ3) is 6.15. The van der Waals surface area contributed by atoms with Crippen molar-refractivity contribution in [3.63, 3.8) is 0 Å². The van der Waals surface area contributed by atoms with Crippen LogP contribution < -0.4 is 15.4 Å². The first-order valence-electron chi connectivity index (χ1n) is 9.54. The molecule has 0 aliphatic heterocycles. The summed E-state index contributed by atoms with van der Waals surface area (Å²) in [4.78, 5) is 16.1. The van der Waals surface area contributed by atoms with E-state index in [0.717, 1.165) is 29.2 Å². The third-order valence-electron chi connectivity index (χ3n) is 4.36. The molecular formula is C20H17F6N5O3. The molecule has 0 radical (unpaired) electrons. The Morgan fingerprint density at radius 1 is 1.03 bits per heavy atom. The zero-order valence-corrected chi connectivity index (χ0v) is 17.1. The Morgan fingerprint density at radius 3 is 2.41 bits per heavy atom. The molecule has 0 saturated carbocycles. The first-order valence-corrected chi connectivity index (χ1v) is 9.54. The van der Waals surface area contributed by atoms with Gasteiger partial charge in [-0.15, -0.1) is 0 Å². The van der Waals surface area contributed by atoms with Crippen LogP contribution in [-0.4, -0.2) is 45.5 Å². The number of aliphatic hydroxyl groups excluding tert-OH is 1. The average molecular weight is 489 g/mol. The van der Waals surface area contributed by atoms with Gasteiger partial charge in [-0.25, -0.2) is 9.67 Å². The minimum atomic E-state index is -4.79. The number of aromatic nitrogens is 3. The van der Waals surface area contributed by atoms with Gasteiger partial charge in [0.25, 0.3) is 0 Å². The molecule has 0 fully saturated rings. The van der Waals surface area contributed by atoms with Crippen LogP contribution in [0.3, 0.4) is 0 Å². The molecule has 1 aromatic heterocycles. The fraction of sp³-hybridized carbons (Fsp3) is 0.250. The summed E-state index contributed by atoms with van der Waals surface area (Å²) in [6.07, 6.45) is -7.15. The Balaban J connectivity index is 1.80. The minimum Gasteiger partial charge on any atom is -0.491 e. The van der Waals surface area contributed by atoms with Crippen molar-refractivity contribution in [1.82, 2.24) is 14.8 Å². The van der Waals surface area contributed by atoms with Gasteiger partial charge in [-0.2, -0.15) is 31.4 Å². The Hall–Kier alpha value is -3.81. The first kappa shape index (κ1) is 24.8. The van der Waals surface area contributed by atoms with E-state index < -0.39 is 48.2 Å². The van der Waals surface area contributed by atoms with E-state index in [-0.39, 0.29) is 23.7 Å². The van der Waals surface area contributed by atoms with Crippen LogP contribution in [0.25, 0.3) is 5.69 Å². The highest BCUT2D eigenvalue weighted by atomic mass is 19.4. The second kappa shape index (κ2) is 9.99. The summed E-state index contributed by atoms with van der Waals surface area (Å²) in [6, 6.07) is 5.50. The molecule has 34 heavy (non-hydrogen) atoms. The first-order chi connectivity index (χ1) is 16.0. The molecule has 0 unspecified atom stereocenters. The van der Waals surface area contributed by atoms with Gasteiger partial charge in [0.2, 0.25) is 5.91 Å². The summed E-state index contributed by atoms with van der Waals surface area (Å²) >= 11 is 0. The molecule has 1 amide bonds. The molecule has 8 nitrogen and oxygen atoms in total. The van der Waals surface area contributed by atoms with Crippen LogP contribution in [0.5, 0.6) is 5.75 Å². The Bertz CT molecular complexity index is 1130. The van der Waals surface area contributed by atoms with Gasteiger partial charge >= 0.3 is 12.4 Å². The number of benzene rings is 2. The van der Waals surface area contributed by atoms with Crippen molar-refractivity contribution >= 4 is 17.3 Å². The van der Waals surface area contributed by atoms with Gasteiger partial charge in [0.15, 0.2) is 0 Å². The van der Waals surface area contributed by atoms with E-state index in [1.165, 1.54) is 12.4 Å². The van der Waals surface area contributed by atoms with Gasteiger partial charge in [-0.1, -0.05) is 0 Å². The van der Waals surface area contributed by atoms with Gasteiger partial charge < -0.3 is 20.5 Å². The summed E-state index contributed by atoms with van der Waals surface area (Å²) in [6.45, 7) is -1.29. The van der Waals surface area contributed by atoms with Crippen LogP contribution in [0, 0.1) is 0 Å². The minimum absolute atomic E-state index is 0.0696. The normalized spacial score (nSPS) is 11.9. The number of carbonyl (C=O) groups is 1. The molecular weight excluding hydrogens is 472 g/mol. The lowest BCUT2D eigenvalue weighted by atomic mass is 10.1. The number of halogens is 6. The van der Waals surface area contributed by atoms with E-state index in [0.29, 0.717) is 12.1 Å². The number of hydrogen-bond acceptors (Lipinski definition) is 6. The number of anilines is 2. The van der Waals surface area contributed by atoms with Crippen LogP contribution in [0.4, 0.5) is 37.7 Å². The van der Waals surface area contributed by atoms with E-state index >= 15 is 0 Å². The summed E-state index contributed by atoms with van der Waals surface area (Å²) in [5, 5.41) is 17.1. The summed E-state index contributed by atoms with van der Waals surface area (Å²) in [7, 11) is 0. The molecule has 0 saturated heterocycles. The maximum atomic E-state index is 13.4. The number of rotatable bonds is 8. The van der Waals surface area contributed by atoms with E-state index in [1.54, 1.807) is 0 Å². The van der Waals surface area contributed by atoms with Crippen molar-refractivity contribution in [1.29, 1.82) is 0 Å². The lowest BCUT2D eigenvalue weighted by molar-refractivity contribution is -0.138. The molecule has 1 heterocycles. The maximum absolute atomic E-state index is 13.4. The zero-order chi connectivity index (χ0) is 24.9. The molecule has 0 aliphatic rings. The molecule has 182 valence electrons. The second-order valence-corrected chi connectivity index (χ2v) is 6.75. The molecule has 3 aromatic rings. The molecule has 14 heteroatoms. The van der Waals surface area contributed by atoms with Crippen LogP contribution in [-0.2, 0) is 17.1 Å². The molecule has 0 spiro atoms. The molecule has 2 aromatic carbocycles. The van der Waals surface area contributed by atoms with Gasteiger partial charge in [0, 0.05) is 5.69 Å². The van der Waals surface area contributed by atoms with Gasteiger partial charge in [0.05, 0.1) is 35.7 Å². The third-order valence-corrected chi connectivity index (χ3v) is 4.36. The van der Waals surface area contributed by atoms with Gasteiger partial charge in [-0.05, 0) is 36.4 Å². The number of hydrogen-bond donors (Lipinski definition) is 3. The lowest BCUT2D eigenvalue weighted by Gasteiger charge is -2.17. The highest BCUT2D eigenvalue weighted by Crippen LogP contribution is 2.37. The fourth-order valence-corrected chi connectivity index (χ4v) is 2.88. The van der Waals surface area contributed by atoms with Crippen molar-refractivity contribution in [2.24, 2.45) is 0 Å². The summed E-state index contributed by atoms with van der Waals surface area (Å²) in [5.41, 5.74) is -2.81. The molecule has 0 aliphatic carbocycles. The zero-order valence-electron chi connectivity index (χ0n) is 17.1. The van der Waals surface area contributed by atoms with Crippen molar-refractivity contribution in [3.8, 4) is 11.4 Å². The highest BCUT2D eigenvalue weighted by Gasteiger charge is 2.34. The van der Waals surface area contributed by atoms with Crippen LogP contribution in [0.15, 0.2) is 49.1 Å². The molecule has 3 rings (SSSR count). The standard InChI is InChI=1S/C20H17F6N5O3/c21-19(22,23)12-1-4-17(31-11-27-10-29-31)16(7-12)30-18(33)9-28-15-3-2-13(34-6-5-32)8-14(15)20(24,25)26/h1-4,7-8,10-11,28,32H,5-6,9H2,(H,30,33). The van der Waals surface area contributed by atoms with E-state index in [2.05, 4.69) is 20.7 Å². The number of alkyl halides is 6. The molecule has 0 bridgehead atoms. The number of carbonyl (C=O) groups excluding carboxylic acids is 1. The number of amides is 1.